The van der Waals surface area contributed by atoms with E-state index >= 15 is 0 Å². The highest BCUT2D eigenvalue weighted by Crippen LogP contribution is 2.29. The van der Waals surface area contributed by atoms with Crippen LogP contribution in [0.2, 0.25) is 0 Å². The third-order valence-electron chi connectivity index (χ3n) is 1.60. The molecule has 0 bridgehead atoms. The van der Waals surface area contributed by atoms with Crippen molar-refractivity contribution in [2.24, 2.45) is 0 Å². The number of nitrogens with zero attached hydrogens (tertiary/aromatic N) is 1. The number of carbonyl (C=O) groups excluding carboxylic acids is 2. The van der Waals surface area contributed by atoms with Crippen LogP contribution in [-0.2, 0) is 19.1 Å². The highest BCUT2D eigenvalue weighted by molar-refractivity contribution is 7.10. The number of hydrogen-bond donors (Lipinski definition) is 0. The van der Waals surface area contributed by atoms with Crippen molar-refractivity contribution in [2.75, 3.05) is 0 Å². The first-order valence-corrected chi connectivity index (χ1v) is 5.35. The van der Waals surface area contributed by atoms with E-state index < -0.39 is 23.2 Å². The van der Waals surface area contributed by atoms with Gasteiger partial charge in [0.05, 0.1) is 15.2 Å². The summed E-state index contributed by atoms with van der Waals surface area (Å²) in [6, 6.07) is 1.20. The monoisotopic (exact) mass is 259 g/mol. The largest absolute Gasteiger partial charge is 0.420 e. The van der Waals surface area contributed by atoms with E-state index in [1.54, 1.807) is 0 Å². The quantitative estimate of drug-likeness (QED) is 0.354. The molecule has 7 nitrogen and oxygen atoms in total. The zero-order valence-electron chi connectivity index (χ0n) is 9.04. The number of ether oxygens (including phenoxy) is 2. The molecule has 0 aromatic carbocycles. The van der Waals surface area contributed by atoms with Crippen LogP contribution in [0.4, 0.5) is 5.69 Å². The molecule has 0 aliphatic rings. The molecule has 0 aliphatic heterocycles. The molecule has 0 fully saturated rings. The van der Waals surface area contributed by atoms with Crippen LogP contribution in [0.3, 0.4) is 0 Å². The minimum absolute atomic E-state index is 0.144. The second-order valence-electron chi connectivity index (χ2n) is 3.02. The van der Waals surface area contributed by atoms with Crippen molar-refractivity contribution < 1.29 is 24.0 Å². The minimum Gasteiger partial charge on any atom is -0.420 e. The smallest absolute Gasteiger partial charge is 0.306 e. The van der Waals surface area contributed by atoms with E-state index in [0.29, 0.717) is 0 Å². The van der Waals surface area contributed by atoms with E-state index in [-0.39, 0.29) is 10.6 Å². The molecule has 0 N–H and O–H groups in total. The summed E-state index contributed by atoms with van der Waals surface area (Å²) in [6.45, 7) is 2.30. The Hall–Kier alpha value is -1.96. The summed E-state index contributed by atoms with van der Waals surface area (Å²) in [7, 11) is 0. The van der Waals surface area contributed by atoms with Crippen LogP contribution < -0.4 is 0 Å². The summed E-state index contributed by atoms with van der Waals surface area (Å²) in [5.74, 6) is -1.29. The number of carbonyl (C=O) groups is 2. The first-order valence-electron chi connectivity index (χ1n) is 4.47. The maximum atomic E-state index is 10.8. The molecule has 0 aliphatic carbocycles. The van der Waals surface area contributed by atoms with Crippen molar-refractivity contribution in [3.05, 3.63) is 26.4 Å². The van der Waals surface area contributed by atoms with Gasteiger partial charge in [0, 0.05) is 19.9 Å². The summed E-state index contributed by atoms with van der Waals surface area (Å²) in [5, 5.41) is 11.8. The molecule has 0 spiro atoms. The normalized spacial score (nSPS) is 10.1. The molecule has 0 saturated carbocycles. The molecule has 8 heteroatoms. The van der Waals surface area contributed by atoms with Crippen molar-refractivity contribution in [1.29, 1.82) is 0 Å². The van der Waals surface area contributed by atoms with Gasteiger partial charge in [0.25, 0.3) is 12.0 Å². The molecule has 0 atom stereocenters. The third kappa shape index (κ3) is 3.83. The van der Waals surface area contributed by atoms with Crippen LogP contribution in [0.25, 0.3) is 0 Å². The fourth-order valence-electron chi connectivity index (χ4n) is 1.00. The summed E-state index contributed by atoms with van der Waals surface area (Å²) in [5.41, 5.74) is -0.144. The molecule has 0 radical (unpaired) electrons. The SMILES string of the molecule is CC(=O)OC(OC(C)=O)c1cc([N+](=O)[O-])cs1. The summed E-state index contributed by atoms with van der Waals surface area (Å²) >= 11 is 0.974. The topological polar surface area (TPSA) is 95.7 Å². The van der Waals surface area contributed by atoms with E-state index in [1.807, 2.05) is 0 Å². The van der Waals surface area contributed by atoms with E-state index in [9.17, 15) is 19.7 Å². The Morgan fingerprint density at radius 2 is 1.88 bits per heavy atom. The van der Waals surface area contributed by atoms with Gasteiger partial charge in [0.1, 0.15) is 0 Å². The second-order valence-corrected chi connectivity index (χ2v) is 3.96. The van der Waals surface area contributed by atoms with Gasteiger partial charge >= 0.3 is 11.9 Å². The Balaban J connectivity index is 2.90. The number of thiophene rings is 1. The van der Waals surface area contributed by atoms with Gasteiger partial charge in [0.15, 0.2) is 0 Å². The van der Waals surface area contributed by atoms with Crippen molar-refractivity contribution >= 4 is 29.0 Å². The van der Waals surface area contributed by atoms with Crippen LogP contribution in [-0.4, -0.2) is 16.9 Å². The van der Waals surface area contributed by atoms with Crippen LogP contribution in [0, 0.1) is 10.1 Å². The fourth-order valence-corrected chi connectivity index (χ4v) is 1.81. The maximum absolute atomic E-state index is 10.8. The highest BCUT2D eigenvalue weighted by atomic mass is 32.1. The average molecular weight is 259 g/mol. The molecular formula is C9H9NO6S. The molecule has 1 rings (SSSR count). The zero-order chi connectivity index (χ0) is 13.0. The number of hydrogen-bond acceptors (Lipinski definition) is 7. The van der Waals surface area contributed by atoms with Gasteiger partial charge in [-0.15, -0.1) is 11.3 Å². The number of nitro groups is 1. The number of esters is 2. The molecule has 0 saturated heterocycles. The van der Waals surface area contributed by atoms with Gasteiger partial charge in [-0.1, -0.05) is 0 Å². The molecule has 92 valence electrons. The Labute approximate surface area is 100 Å². The molecule has 1 heterocycles. The lowest BCUT2D eigenvalue weighted by Crippen LogP contribution is -2.13. The molecule has 1 aromatic heterocycles. The fraction of sp³-hybridized carbons (Fsp3) is 0.333. The summed E-state index contributed by atoms with van der Waals surface area (Å²) in [6.07, 6.45) is -1.23. The lowest BCUT2D eigenvalue weighted by atomic mass is 10.4. The molecule has 17 heavy (non-hydrogen) atoms. The minimum atomic E-state index is -1.23. The van der Waals surface area contributed by atoms with Crippen molar-refractivity contribution in [3.8, 4) is 0 Å². The first kappa shape index (κ1) is 13.1. The Bertz CT molecular complexity index is 438. The first-order chi connectivity index (χ1) is 7.90. The summed E-state index contributed by atoms with van der Waals surface area (Å²) in [4.78, 5) is 31.8. The van der Waals surface area contributed by atoms with Crippen LogP contribution in [0.1, 0.15) is 25.0 Å². The highest BCUT2D eigenvalue weighted by Gasteiger charge is 2.22. The van der Waals surface area contributed by atoms with Crippen molar-refractivity contribution in [1.82, 2.24) is 0 Å². The van der Waals surface area contributed by atoms with Crippen LogP contribution >= 0.6 is 11.3 Å². The van der Waals surface area contributed by atoms with Gasteiger partial charge in [-0.05, 0) is 0 Å². The van der Waals surface area contributed by atoms with Crippen molar-refractivity contribution in [3.63, 3.8) is 0 Å². The Morgan fingerprint density at radius 3 is 2.24 bits per heavy atom. The Morgan fingerprint density at radius 1 is 1.35 bits per heavy atom. The van der Waals surface area contributed by atoms with Gasteiger partial charge < -0.3 is 9.47 Å². The summed E-state index contributed by atoms with van der Waals surface area (Å²) < 4.78 is 9.49. The predicted octanol–water partition coefficient (Wildman–Crippen LogP) is 1.78. The van der Waals surface area contributed by atoms with Gasteiger partial charge in [-0.25, -0.2) is 0 Å². The molecule has 1 aromatic rings. The molecular weight excluding hydrogens is 250 g/mol. The van der Waals surface area contributed by atoms with Gasteiger partial charge in [-0.2, -0.15) is 0 Å². The van der Waals surface area contributed by atoms with Crippen molar-refractivity contribution in [2.45, 2.75) is 20.1 Å². The second kappa shape index (κ2) is 5.39. The van der Waals surface area contributed by atoms with E-state index in [2.05, 4.69) is 0 Å². The molecule has 0 unspecified atom stereocenters. The van der Waals surface area contributed by atoms with E-state index in [0.717, 1.165) is 25.2 Å². The van der Waals surface area contributed by atoms with Gasteiger partial charge in [-0.3, -0.25) is 19.7 Å². The average Bonchev–Trinajstić information content (AvgIpc) is 2.63. The Kier molecular flexibility index (Phi) is 4.16. The van der Waals surface area contributed by atoms with Crippen LogP contribution in [0.5, 0.6) is 0 Å². The van der Waals surface area contributed by atoms with E-state index in [4.69, 9.17) is 9.47 Å². The third-order valence-corrected chi connectivity index (χ3v) is 2.54. The van der Waals surface area contributed by atoms with Crippen LogP contribution in [0.15, 0.2) is 11.4 Å². The lowest BCUT2D eigenvalue weighted by Gasteiger charge is -2.14. The predicted molar refractivity (Wildman–Crippen MR) is 57.2 cm³/mol. The zero-order valence-corrected chi connectivity index (χ0v) is 9.85. The number of rotatable bonds is 4. The van der Waals surface area contributed by atoms with Gasteiger partial charge in [0.2, 0.25) is 0 Å². The van der Waals surface area contributed by atoms with E-state index in [1.165, 1.54) is 11.4 Å². The lowest BCUT2D eigenvalue weighted by molar-refractivity contribution is -0.384. The maximum Gasteiger partial charge on any atom is 0.306 e. The standard InChI is InChI=1S/C9H9NO6S/c1-5(11)15-9(16-6(2)12)8-3-7(4-17-8)10(13)14/h3-4,9H,1-2H3. The molecule has 0 amide bonds.